The van der Waals surface area contributed by atoms with Crippen LogP contribution in [0.5, 0.6) is 0 Å². The zero-order valence-electron chi connectivity index (χ0n) is 12.0. The van der Waals surface area contributed by atoms with E-state index < -0.39 is 5.97 Å². The highest BCUT2D eigenvalue weighted by Crippen LogP contribution is 2.26. The molecule has 0 radical (unpaired) electrons. The zero-order chi connectivity index (χ0) is 14.4. The lowest BCUT2D eigenvalue weighted by Gasteiger charge is -2.21. The molecule has 1 aliphatic heterocycles. The van der Waals surface area contributed by atoms with Gasteiger partial charge in [-0.2, -0.15) is 0 Å². The minimum Gasteiger partial charge on any atom is -0.481 e. The van der Waals surface area contributed by atoms with Crippen molar-refractivity contribution in [3.63, 3.8) is 0 Å². The zero-order valence-corrected chi connectivity index (χ0v) is 12.0. The Morgan fingerprint density at radius 3 is 2.55 bits per heavy atom. The van der Waals surface area contributed by atoms with Gasteiger partial charge >= 0.3 is 5.97 Å². The summed E-state index contributed by atoms with van der Waals surface area (Å²) in [6.45, 7) is 1.71. The Morgan fingerprint density at radius 1 is 1.15 bits per heavy atom. The maximum atomic E-state index is 11.8. The third-order valence-corrected chi connectivity index (χ3v) is 4.50. The Balaban J connectivity index is 1.57. The van der Waals surface area contributed by atoms with E-state index >= 15 is 0 Å². The Hall–Kier alpha value is -1.10. The molecule has 5 nitrogen and oxygen atoms in total. The van der Waals surface area contributed by atoms with Crippen molar-refractivity contribution < 1.29 is 19.4 Å². The van der Waals surface area contributed by atoms with Gasteiger partial charge in [0.15, 0.2) is 0 Å². The fourth-order valence-electron chi connectivity index (χ4n) is 3.22. The van der Waals surface area contributed by atoms with Crippen LogP contribution in [-0.4, -0.2) is 36.2 Å². The van der Waals surface area contributed by atoms with E-state index in [0.717, 1.165) is 45.3 Å². The maximum Gasteiger partial charge on any atom is 0.306 e. The molecule has 0 bridgehead atoms. The van der Waals surface area contributed by atoms with Gasteiger partial charge in [0, 0.05) is 25.7 Å². The number of aliphatic carboxylic acids is 1. The second kappa shape index (κ2) is 7.62. The predicted octanol–water partition coefficient (Wildman–Crippen LogP) is 1.95. The number of nitrogens with one attached hydrogen (secondary N) is 1. The van der Waals surface area contributed by atoms with Gasteiger partial charge in [0.1, 0.15) is 0 Å². The number of carbonyl (C=O) groups is 2. The van der Waals surface area contributed by atoms with Gasteiger partial charge in [-0.1, -0.05) is 0 Å². The molecule has 0 aromatic carbocycles. The van der Waals surface area contributed by atoms with Gasteiger partial charge in [-0.3, -0.25) is 9.59 Å². The highest BCUT2D eigenvalue weighted by molar-refractivity contribution is 5.76. The van der Waals surface area contributed by atoms with Gasteiger partial charge in [-0.15, -0.1) is 0 Å². The number of amides is 1. The van der Waals surface area contributed by atoms with Crippen molar-refractivity contribution in [2.24, 2.45) is 11.8 Å². The van der Waals surface area contributed by atoms with Crippen LogP contribution in [0, 0.1) is 11.8 Å². The van der Waals surface area contributed by atoms with Crippen molar-refractivity contribution in [1.82, 2.24) is 5.32 Å². The lowest BCUT2D eigenvalue weighted by molar-refractivity contribution is -0.141. The molecular weight excluding hydrogens is 258 g/mol. The van der Waals surface area contributed by atoms with Crippen LogP contribution in [0.4, 0.5) is 0 Å². The van der Waals surface area contributed by atoms with Crippen molar-refractivity contribution >= 4 is 11.9 Å². The standard InChI is InChI=1S/C15H25NO4/c17-14(3-1-2-11-6-8-20-9-7-11)16-13-5-4-12(10-13)15(18)19/h11-13H,1-10H2,(H,16,17)(H,18,19)/t12-,13+/m1/s1. The third-order valence-electron chi connectivity index (χ3n) is 4.50. The monoisotopic (exact) mass is 283 g/mol. The molecule has 114 valence electrons. The maximum absolute atomic E-state index is 11.8. The van der Waals surface area contributed by atoms with Crippen LogP contribution >= 0.6 is 0 Å². The molecule has 0 aromatic heterocycles. The molecule has 1 heterocycles. The topological polar surface area (TPSA) is 75.6 Å². The molecule has 1 amide bonds. The molecule has 1 saturated heterocycles. The number of ether oxygens (including phenoxy) is 1. The summed E-state index contributed by atoms with van der Waals surface area (Å²) in [4.78, 5) is 22.7. The molecule has 20 heavy (non-hydrogen) atoms. The molecule has 0 aromatic rings. The van der Waals surface area contributed by atoms with Crippen molar-refractivity contribution in [2.75, 3.05) is 13.2 Å². The summed E-state index contributed by atoms with van der Waals surface area (Å²) in [5, 5.41) is 11.9. The van der Waals surface area contributed by atoms with Gasteiger partial charge in [0.2, 0.25) is 5.91 Å². The van der Waals surface area contributed by atoms with Crippen LogP contribution in [0.1, 0.15) is 51.4 Å². The van der Waals surface area contributed by atoms with Crippen molar-refractivity contribution in [2.45, 2.75) is 57.4 Å². The van der Waals surface area contributed by atoms with Crippen LogP contribution in [0.3, 0.4) is 0 Å². The van der Waals surface area contributed by atoms with Crippen LogP contribution in [-0.2, 0) is 14.3 Å². The highest BCUT2D eigenvalue weighted by atomic mass is 16.5. The molecule has 2 fully saturated rings. The number of carboxylic acids is 1. The summed E-state index contributed by atoms with van der Waals surface area (Å²) in [7, 11) is 0. The van der Waals surface area contributed by atoms with Gasteiger partial charge in [0.05, 0.1) is 5.92 Å². The SMILES string of the molecule is O=C(CCCC1CCOCC1)N[C@H]1CC[C@@H](C(=O)O)C1. The van der Waals surface area contributed by atoms with Crippen molar-refractivity contribution in [1.29, 1.82) is 0 Å². The molecule has 1 saturated carbocycles. The second-order valence-electron chi connectivity index (χ2n) is 6.06. The summed E-state index contributed by atoms with van der Waals surface area (Å²) in [5.41, 5.74) is 0. The number of carbonyl (C=O) groups excluding carboxylic acids is 1. The lowest BCUT2D eigenvalue weighted by Crippen LogP contribution is -2.33. The van der Waals surface area contributed by atoms with E-state index in [4.69, 9.17) is 9.84 Å². The van der Waals surface area contributed by atoms with Gasteiger partial charge in [-0.05, 0) is 50.9 Å². The smallest absolute Gasteiger partial charge is 0.306 e. The number of carboxylic acid groups (broad SMARTS) is 1. The quantitative estimate of drug-likeness (QED) is 0.781. The van der Waals surface area contributed by atoms with Gasteiger partial charge in [0.25, 0.3) is 0 Å². The minimum atomic E-state index is -0.735. The van der Waals surface area contributed by atoms with Crippen LogP contribution in [0.25, 0.3) is 0 Å². The van der Waals surface area contributed by atoms with E-state index in [1.165, 1.54) is 0 Å². The molecule has 0 unspecified atom stereocenters. The Labute approximate surface area is 120 Å². The van der Waals surface area contributed by atoms with E-state index in [0.29, 0.717) is 25.2 Å². The Morgan fingerprint density at radius 2 is 1.90 bits per heavy atom. The van der Waals surface area contributed by atoms with E-state index in [1.54, 1.807) is 0 Å². The number of hydrogen-bond donors (Lipinski definition) is 2. The molecule has 2 N–H and O–H groups in total. The third kappa shape index (κ3) is 4.78. The summed E-state index contributed by atoms with van der Waals surface area (Å²) >= 11 is 0. The first-order valence-electron chi connectivity index (χ1n) is 7.75. The van der Waals surface area contributed by atoms with Crippen molar-refractivity contribution in [3.8, 4) is 0 Å². The average molecular weight is 283 g/mol. The molecule has 5 heteroatoms. The first-order chi connectivity index (χ1) is 9.65. The minimum absolute atomic E-state index is 0.0617. The molecule has 0 spiro atoms. The molecule has 1 aliphatic carbocycles. The first-order valence-corrected chi connectivity index (χ1v) is 7.75. The van der Waals surface area contributed by atoms with E-state index in [9.17, 15) is 9.59 Å². The number of hydrogen-bond acceptors (Lipinski definition) is 3. The summed E-state index contributed by atoms with van der Waals surface area (Å²) < 4.78 is 5.32. The molecular formula is C15H25NO4. The first kappa shape index (κ1) is 15.3. The largest absolute Gasteiger partial charge is 0.481 e. The molecule has 2 aliphatic rings. The van der Waals surface area contributed by atoms with Crippen LogP contribution in [0.15, 0.2) is 0 Å². The Kier molecular flexibility index (Phi) is 5.83. The number of rotatable bonds is 6. The van der Waals surface area contributed by atoms with E-state index in [1.807, 2.05) is 0 Å². The average Bonchev–Trinajstić information content (AvgIpc) is 2.88. The second-order valence-corrected chi connectivity index (χ2v) is 6.06. The fraction of sp³-hybridized carbons (Fsp3) is 0.867. The van der Waals surface area contributed by atoms with Crippen LogP contribution in [0.2, 0.25) is 0 Å². The normalized spacial score (nSPS) is 27.4. The van der Waals surface area contributed by atoms with E-state index in [2.05, 4.69) is 5.32 Å². The van der Waals surface area contributed by atoms with Gasteiger partial charge in [-0.25, -0.2) is 0 Å². The summed E-state index contributed by atoms with van der Waals surface area (Å²) in [6, 6.07) is 0.0617. The molecule has 2 rings (SSSR count). The van der Waals surface area contributed by atoms with Crippen LogP contribution < -0.4 is 5.32 Å². The van der Waals surface area contributed by atoms with Gasteiger partial charge < -0.3 is 15.2 Å². The predicted molar refractivity (Wildman–Crippen MR) is 74.3 cm³/mol. The highest BCUT2D eigenvalue weighted by Gasteiger charge is 2.30. The summed E-state index contributed by atoms with van der Waals surface area (Å²) in [6.07, 6.45) is 6.87. The van der Waals surface area contributed by atoms with Crippen molar-refractivity contribution in [3.05, 3.63) is 0 Å². The van der Waals surface area contributed by atoms with E-state index in [-0.39, 0.29) is 17.9 Å². The fourth-order valence-corrected chi connectivity index (χ4v) is 3.22. The Bertz CT molecular complexity index is 339. The summed E-state index contributed by atoms with van der Waals surface area (Å²) in [5.74, 6) is -0.226. The molecule has 2 atom stereocenters. The lowest BCUT2D eigenvalue weighted by atomic mass is 9.94.